The molecule has 0 amide bonds. The Morgan fingerprint density at radius 3 is 1.84 bits per heavy atom. The molecule has 4 unspecified atom stereocenters. The molecular weight excluding hydrogens is 926 g/mol. The van der Waals surface area contributed by atoms with E-state index in [4.69, 9.17) is 1.37 Å². The molecule has 4 atom stereocenters. The summed E-state index contributed by atoms with van der Waals surface area (Å²) in [5, 5.41) is 2.63. The fraction of sp³-hybridized carbons (Fsp3) is 0.400. The van der Waals surface area contributed by atoms with E-state index in [1.807, 2.05) is 11.3 Å². The van der Waals surface area contributed by atoms with Crippen molar-refractivity contribution in [2.45, 2.75) is 180 Å². The van der Waals surface area contributed by atoms with Crippen LogP contribution in [0.3, 0.4) is 0 Å². The molecule has 1 aromatic heterocycles. The summed E-state index contributed by atoms with van der Waals surface area (Å²) in [6, 6.07) is 40.4. The van der Waals surface area contributed by atoms with Crippen molar-refractivity contribution in [3.05, 3.63) is 155 Å². The number of anilines is 7. The number of benzene rings is 7. The third kappa shape index (κ3) is 6.28. The molecule has 2 saturated carbocycles. The van der Waals surface area contributed by atoms with Crippen LogP contribution in [0, 0.1) is 0 Å². The zero-order valence-corrected chi connectivity index (χ0v) is 47.6. The maximum atomic E-state index is 9.96. The van der Waals surface area contributed by atoms with Crippen molar-refractivity contribution in [2.24, 2.45) is 0 Å². The molecular formula is C70H76BN3S. The van der Waals surface area contributed by atoms with E-state index in [0.717, 1.165) is 67.6 Å². The van der Waals surface area contributed by atoms with Crippen molar-refractivity contribution in [2.75, 3.05) is 14.7 Å². The molecule has 5 heteroatoms. The van der Waals surface area contributed by atoms with Crippen molar-refractivity contribution >= 4 is 94.4 Å². The lowest BCUT2D eigenvalue weighted by Crippen LogP contribution is -2.64. The van der Waals surface area contributed by atoms with Crippen LogP contribution in [-0.4, -0.2) is 17.8 Å². The van der Waals surface area contributed by atoms with Crippen LogP contribution in [0.5, 0.6) is 0 Å². The van der Waals surface area contributed by atoms with E-state index in [0.29, 0.717) is 5.69 Å². The van der Waals surface area contributed by atoms with Crippen LogP contribution in [0.1, 0.15) is 175 Å². The van der Waals surface area contributed by atoms with Crippen LogP contribution in [0.4, 0.5) is 39.8 Å². The van der Waals surface area contributed by atoms with E-state index in [1.54, 1.807) is 0 Å². The molecule has 5 heterocycles. The molecule has 0 N–H and O–H groups in total. The average Bonchev–Trinajstić information content (AvgIpc) is 1.98. The van der Waals surface area contributed by atoms with Gasteiger partial charge in [0.1, 0.15) is 0 Å². The second-order valence-electron chi connectivity index (χ2n) is 27.7. The number of thiophene rings is 1. The SMILES string of the molecule is [2H]c1c([2H])c([2H])c2c(c1[2H])N(c1cc3c4c(c1)N1c5c(cc(C(C)(C)C)cc5C5(C)CCCCC15C)B4c1c(ccc4c1sc1ccc(C(C)(C)C)cc14)N3c1ccc(C(C)(C)C)cc1-c1ccccc1)C1(C)CCCCC21C. The van der Waals surface area contributed by atoms with Crippen LogP contribution in [-0.2, 0) is 27.1 Å². The van der Waals surface area contributed by atoms with Crippen LogP contribution in [0.25, 0.3) is 31.3 Å². The molecule has 0 bridgehead atoms. The minimum Gasteiger partial charge on any atom is -0.335 e. The summed E-state index contributed by atoms with van der Waals surface area (Å²) in [7, 11) is 0. The van der Waals surface area contributed by atoms with E-state index in [-0.39, 0.29) is 58.1 Å². The zero-order valence-electron chi connectivity index (χ0n) is 50.8. The second-order valence-corrected chi connectivity index (χ2v) is 28.7. The molecule has 380 valence electrons. The topological polar surface area (TPSA) is 9.72 Å². The number of rotatable bonds is 3. The Balaban J connectivity index is 1.18. The lowest BCUT2D eigenvalue weighted by molar-refractivity contribution is 0.194. The van der Waals surface area contributed by atoms with Gasteiger partial charge in [-0.3, -0.25) is 0 Å². The third-order valence-corrected chi connectivity index (χ3v) is 21.7. The molecule has 75 heavy (non-hydrogen) atoms. The maximum Gasteiger partial charge on any atom is 0.254 e. The van der Waals surface area contributed by atoms with Gasteiger partial charge in [0.25, 0.3) is 6.71 Å². The third-order valence-electron chi connectivity index (χ3n) is 20.5. The van der Waals surface area contributed by atoms with Gasteiger partial charge in [-0.05, 0) is 159 Å². The highest BCUT2D eigenvalue weighted by atomic mass is 32.1. The molecule has 3 nitrogen and oxygen atoms in total. The zero-order chi connectivity index (χ0) is 55.6. The van der Waals surface area contributed by atoms with Gasteiger partial charge in [-0.2, -0.15) is 0 Å². The fourth-order valence-corrected chi connectivity index (χ4v) is 17.0. The largest absolute Gasteiger partial charge is 0.335 e. The summed E-state index contributed by atoms with van der Waals surface area (Å²) in [5.74, 6) is 0. The smallest absolute Gasteiger partial charge is 0.254 e. The maximum absolute atomic E-state index is 9.96. The molecule has 6 aliphatic rings. The molecule has 14 rings (SSSR count). The van der Waals surface area contributed by atoms with E-state index in [2.05, 4.69) is 208 Å². The van der Waals surface area contributed by atoms with Crippen molar-refractivity contribution in [3.63, 3.8) is 0 Å². The Bertz CT molecular complexity index is 3970. The number of fused-ring (bicyclic) bond motifs is 14. The molecule has 7 aromatic carbocycles. The van der Waals surface area contributed by atoms with E-state index in [1.165, 1.54) is 93.4 Å². The van der Waals surface area contributed by atoms with Gasteiger partial charge in [0, 0.05) is 65.3 Å². The van der Waals surface area contributed by atoms with E-state index in [9.17, 15) is 4.11 Å². The van der Waals surface area contributed by atoms with Crippen LogP contribution in [0.2, 0.25) is 0 Å². The predicted octanol–water partition coefficient (Wildman–Crippen LogP) is 17.7. The Morgan fingerprint density at radius 2 is 1.13 bits per heavy atom. The summed E-state index contributed by atoms with van der Waals surface area (Å²) < 4.78 is 40.8. The first-order chi connectivity index (χ1) is 37.2. The van der Waals surface area contributed by atoms with Crippen LogP contribution < -0.4 is 31.1 Å². The Labute approximate surface area is 458 Å². The number of hydrogen-bond acceptors (Lipinski definition) is 4. The van der Waals surface area contributed by atoms with Gasteiger partial charge in [0.2, 0.25) is 0 Å². The Kier molecular flexibility index (Phi) is 8.93. The van der Waals surface area contributed by atoms with E-state index < -0.39 is 11.0 Å². The first-order valence-corrected chi connectivity index (χ1v) is 29.1. The van der Waals surface area contributed by atoms with Crippen molar-refractivity contribution in [3.8, 4) is 11.1 Å². The molecule has 0 spiro atoms. The van der Waals surface area contributed by atoms with Crippen molar-refractivity contribution < 1.29 is 5.48 Å². The summed E-state index contributed by atoms with van der Waals surface area (Å²) >= 11 is 1.96. The number of nitrogens with zero attached hydrogens (tertiary/aromatic N) is 3. The lowest BCUT2D eigenvalue weighted by atomic mass is 9.33. The molecule has 0 radical (unpaired) electrons. The lowest BCUT2D eigenvalue weighted by Gasteiger charge is -2.54. The van der Waals surface area contributed by atoms with Gasteiger partial charge in [0.15, 0.2) is 0 Å². The van der Waals surface area contributed by atoms with E-state index >= 15 is 0 Å². The summed E-state index contributed by atoms with van der Waals surface area (Å²) in [4.78, 5) is 7.94. The number of para-hydroxylation sites is 1. The fourth-order valence-electron chi connectivity index (χ4n) is 15.8. The highest BCUT2D eigenvalue weighted by molar-refractivity contribution is 7.28. The Morgan fingerprint density at radius 1 is 0.520 bits per heavy atom. The summed E-state index contributed by atoms with van der Waals surface area (Å²) in [5.41, 5.74) is 18.7. The summed E-state index contributed by atoms with van der Waals surface area (Å²) in [6.07, 6.45) is 8.28. The minimum atomic E-state index is -0.538. The second kappa shape index (κ2) is 15.5. The standard InChI is InChI=1S/C70H76BN3S/c1-64(2,3)44-27-30-54(49(37-44)43-23-15-14-16-24-43)72-56-31-29-48-50-38-45(65(4,5)6)28-32-59(50)75-63(48)61(56)71-53-40-46(66(7,8)9)39-52-62(53)74(70(13)36-22-20-34-68(52,70)11)58-42-47(41-57(72)60(58)71)73-55-26-18-17-25-51(55)67(10)33-19-21-35-69(67,73)12/h14-18,23-32,37-42H,19-22,33-36H2,1-13H3/i17D,18D,25D,26D. The van der Waals surface area contributed by atoms with Gasteiger partial charge in [-0.25, -0.2) is 0 Å². The minimum absolute atomic E-state index is 0.00742. The molecule has 2 aliphatic carbocycles. The Hall–Kier alpha value is -5.78. The highest BCUT2D eigenvalue weighted by Crippen LogP contribution is 2.65. The first-order valence-electron chi connectivity index (χ1n) is 30.3. The molecule has 8 aromatic rings. The monoisotopic (exact) mass is 1010 g/mol. The van der Waals surface area contributed by atoms with Crippen molar-refractivity contribution in [1.82, 2.24) is 0 Å². The number of hydrogen-bond donors (Lipinski definition) is 0. The summed E-state index contributed by atoms with van der Waals surface area (Å²) in [6.45, 7) is 30.8. The van der Waals surface area contributed by atoms with Gasteiger partial charge >= 0.3 is 0 Å². The van der Waals surface area contributed by atoms with Crippen LogP contribution >= 0.6 is 11.3 Å². The molecule has 4 aliphatic heterocycles. The average molecular weight is 1010 g/mol. The quantitative estimate of drug-likeness (QED) is 0.163. The predicted molar refractivity (Wildman–Crippen MR) is 326 cm³/mol. The van der Waals surface area contributed by atoms with Crippen LogP contribution in [0.15, 0.2) is 127 Å². The van der Waals surface area contributed by atoms with Gasteiger partial charge in [-0.15, -0.1) is 11.3 Å². The first kappa shape index (κ1) is 43.3. The molecule has 0 saturated heterocycles. The normalized spacial score (nSPS) is 25.3. The van der Waals surface area contributed by atoms with Gasteiger partial charge in [-0.1, -0.05) is 181 Å². The highest BCUT2D eigenvalue weighted by Gasteiger charge is 2.63. The van der Waals surface area contributed by atoms with Gasteiger partial charge in [0.05, 0.1) is 22.2 Å². The van der Waals surface area contributed by atoms with Gasteiger partial charge < -0.3 is 14.7 Å². The molecule has 2 fully saturated rings. The van der Waals surface area contributed by atoms with Crippen molar-refractivity contribution in [1.29, 1.82) is 0 Å².